The molecule has 6 heteroatoms. The molecule has 112 valence electrons. The van der Waals surface area contributed by atoms with Crippen molar-refractivity contribution in [3.05, 3.63) is 24.3 Å². The van der Waals surface area contributed by atoms with E-state index in [2.05, 4.69) is 0 Å². The number of rotatable bonds is 4. The second-order valence-electron chi connectivity index (χ2n) is 5.08. The molecule has 0 aromatic heterocycles. The van der Waals surface area contributed by atoms with E-state index >= 15 is 0 Å². The van der Waals surface area contributed by atoms with Crippen LogP contribution in [0.1, 0.15) is 27.2 Å². The van der Waals surface area contributed by atoms with Crippen LogP contribution in [0.4, 0.5) is 0 Å². The molecule has 1 aromatic rings. The van der Waals surface area contributed by atoms with Gasteiger partial charge >= 0.3 is 0 Å². The molecular weight excluding hydrogens is 278 g/mol. The van der Waals surface area contributed by atoms with E-state index in [1.807, 2.05) is 13.8 Å². The zero-order chi connectivity index (χ0) is 14.8. The molecule has 1 aliphatic rings. The van der Waals surface area contributed by atoms with Crippen molar-refractivity contribution in [2.24, 2.45) is 0 Å². The third kappa shape index (κ3) is 3.31. The van der Waals surface area contributed by atoms with E-state index in [1.165, 1.54) is 4.31 Å². The van der Waals surface area contributed by atoms with Crippen molar-refractivity contribution < 1.29 is 17.9 Å². The van der Waals surface area contributed by atoms with E-state index in [-0.39, 0.29) is 11.0 Å². The molecule has 5 nitrogen and oxygen atoms in total. The Morgan fingerprint density at radius 1 is 1.30 bits per heavy atom. The molecule has 0 aliphatic carbocycles. The summed E-state index contributed by atoms with van der Waals surface area (Å²) in [4.78, 5) is 0.269. The monoisotopic (exact) mass is 299 g/mol. The Labute approximate surface area is 120 Å². The first kappa shape index (κ1) is 15.3. The van der Waals surface area contributed by atoms with Gasteiger partial charge in [0, 0.05) is 13.2 Å². The third-order valence-corrected chi connectivity index (χ3v) is 5.05. The van der Waals surface area contributed by atoms with Crippen LogP contribution in [-0.2, 0) is 14.8 Å². The van der Waals surface area contributed by atoms with Gasteiger partial charge in [-0.05, 0) is 51.5 Å². The zero-order valence-corrected chi connectivity index (χ0v) is 12.9. The highest BCUT2D eigenvalue weighted by Gasteiger charge is 2.31. The molecule has 0 N–H and O–H groups in total. The van der Waals surface area contributed by atoms with Crippen molar-refractivity contribution >= 4 is 10.0 Å². The fraction of sp³-hybridized carbons (Fsp3) is 0.571. The average Bonchev–Trinajstić information content (AvgIpc) is 2.39. The maximum atomic E-state index is 12.5. The second kappa shape index (κ2) is 6.11. The molecule has 0 spiro atoms. The molecular formula is C14H21NO4S. The van der Waals surface area contributed by atoms with Gasteiger partial charge in [-0.1, -0.05) is 0 Å². The van der Waals surface area contributed by atoms with Gasteiger partial charge in [-0.2, -0.15) is 4.31 Å². The molecule has 0 radical (unpaired) electrons. The highest BCUT2D eigenvalue weighted by Crippen LogP contribution is 2.24. The normalized spacial score (nSPS) is 21.1. The van der Waals surface area contributed by atoms with Crippen LogP contribution < -0.4 is 4.74 Å². The van der Waals surface area contributed by atoms with Crippen molar-refractivity contribution in [3.8, 4) is 5.75 Å². The third-order valence-electron chi connectivity index (χ3n) is 3.09. The van der Waals surface area contributed by atoms with Crippen LogP contribution in [0.2, 0.25) is 0 Å². The van der Waals surface area contributed by atoms with Crippen molar-refractivity contribution in [3.63, 3.8) is 0 Å². The van der Waals surface area contributed by atoms with Gasteiger partial charge in [-0.15, -0.1) is 0 Å². The number of hydrogen-bond acceptors (Lipinski definition) is 4. The fourth-order valence-corrected chi connectivity index (χ4v) is 3.72. The Hall–Kier alpha value is -1.11. The number of hydrogen-bond donors (Lipinski definition) is 0. The minimum absolute atomic E-state index is 0.0629. The van der Waals surface area contributed by atoms with Gasteiger partial charge in [-0.25, -0.2) is 8.42 Å². The lowest BCUT2D eigenvalue weighted by Crippen LogP contribution is -2.44. The zero-order valence-electron chi connectivity index (χ0n) is 12.1. The van der Waals surface area contributed by atoms with Crippen LogP contribution in [0.5, 0.6) is 5.75 Å². The van der Waals surface area contributed by atoms with Crippen LogP contribution >= 0.6 is 0 Å². The molecule has 1 saturated heterocycles. The largest absolute Gasteiger partial charge is 0.491 e. The molecule has 1 fully saturated rings. The van der Waals surface area contributed by atoms with Gasteiger partial charge in [-0.3, -0.25) is 0 Å². The van der Waals surface area contributed by atoms with E-state index in [9.17, 15) is 8.42 Å². The van der Waals surface area contributed by atoms with Gasteiger partial charge in [0.1, 0.15) is 12.0 Å². The first-order valence-corrected chi connectivity index (χ1v) is 8.25. The summed E-state index contributed by atoms with van der Waals surface area (Å²) in [5.41, 5.74) is 0. The predicted molar refractivity (Wildman–Crippen MR) is 76.1 cm³/mol. The Kier molecular flexibility index (Phi) is 4.67. The fourth-order valence-electron chi connectivity index (χ4n) is 2.15. The first-order chi connectivity index (χ1) is 9.41. The second-order valence-corrected chi connectivity index (χ2v) is 6.97. The molecule has 1 aliphatic heterocycles. The number of nitrogens with zero attached hydrogens (tertiary/aromatic N) is 1. The Bertz CT molecular complexity index is 539. The summed E-state index contributed by atoms with van der Waals surface area (Å²) in [6.45, 7) is 6.71. The van der Waals surface area contributed by atoms with Crippen LogP contribution in [0.3, 0.4) is 0 Å². The lowest BCUT2D eigenvalue weighted by atomic mass is 10.3. The molecule has 0 amide bonds. The Morgan fingerprint density at radius 2 is 1.95 bits per heavy atom. The topological polar surface area (TPSA) is 55.8 Å². The van der Waals surface area contributed by atoms with Crippen molar-refractivity contribution in [2.75, 3.05) is 13.2 Å². The van der Waals surface area contributed by atoms with E-state index < -0.39 is 16.3 Å². The molecule has 2 rings (SSSR count). The van der Waals surface area contributed by atoms with Crippen LogP contribution in [0.15, 0.2) is 29.2 Å². The summed E-state index contributed by atoms with van der Waals surface area (Å²) in [7, 11) is -3.50. The molecule has 1 unspecified atom stereocenters. The van der Waals surface area contributed by atoms with Gasteiger partial charge < -0.3 is 9.47 Å². The maximum Gasteiger partial charge on any atom is 0.245 e. The summed E-state index contributed by atoms with van der Waals surface area (Å²) >= 11 is 0. The van der Waals surface area contributed by atoms with Crippen molar-refractivity contribution in [2.45, 2.75) is 44.4 Å². The summed E-state index contributed by atoms with van der Waals surface area (Å²) in [5.74, 6) is 0.668. The lowest BCUT2D eigenvalue weighted by molar-refractivity contribution is -0.0410. The Morgan fingerprint density at radius 3 is 2.50 bits per heavy atom. The standard InChI is InChI=1S/C14H21NO4S/c1-11(2)19-13-5-7-14(8-6-13)20(16,17)15-9-4-10-18-12(15)3/h5-8,11-12H,4,9-10H2,1-3H3. The smallest absolute Gasteiger partial charge is 0.245 e. The number of benzene rings is 1. The van der Waals surface area contributed by atoms with Gasteiger partial charge in [0.25, 0.3) is 0 Å². The van der Waals surface area contributed by atoms with Gasteiger partial charge in [0.2, 0.25) is 10.0 Å². The summed E-state index contributed by atoms with van der Waals surface area (Å²) in [6.07, 6.45) is 0.367. The molecule has 0 bridgehead atoms. The summed E-state index contributed by atoms with van der Waals surface area (Å²) in [5, 5.41) is 0. The highest BCUT2D eigenvalue weighted by molar-refractivity contribution is 7.89. The minimum Gasteiger partial charge on any atom is -0.491 e. The van der Waals surface area contributed by atoms with Crippen molar-refractivity contribution in [1.82, 2.24) is 4.31 Å². The summed E-state index contributed by atoms with van der Waals surface area (Å²) in [6, 6.07) is 6.52. The number of ether oxygens (including phenoxy) is 2. The van der Waals surface area contributed by atoms with Gasteiger partial charge in [0.05, 0.1) is 11.0 Å². The minimum atomic E-state index is -3.50. The van der Waals surface area contributed by atoms with Gasteiger partial charge in [0.15, 0.2) is 0 Å². The molecule has 20 heavy (non-hydrogen) atoms. The van der Waals surface area contributed by atoms with E-state index in [0.29, 0.717) is 18.9 Å². The SMILES string of the molecule is CC(C)Oc1ccc(S(=O)(=O)N2CCCOC2C)cc1. The molecule has 1 atom stereocenters. The highest BCUT2D eigenvalue weighted by atomic mass is 32.2. The molecule has 1 aromatic carbocycles. The summed E-state index contributed by atoms with van der Waals surface area (Å²) < 4.78 is 37.4. The van der Waals surface area contributed by atoms with Crippen LogP contribution in [-0.4, -0.2) is 38.2 Å². The number of sulfonamides is 1. The van der Waals surface area contributed by atoms with E-state index in [1.54, 1.807) is 31.2 Å². The van der Waals surface area contributed by atoms with E-state index in [0.717, 1.165) is 6.42 Å². The van der Waals surface area contributed by atoms with E-state index in [4.69, 9.17) is 9.47 Å². The molecule has 1 heterocycles. The predicted octanol–water partition coefficient (Wildman–Crippen LogP) is 2.23. The Balaban J connectivity index is 2.21. The first-order valence-electron chi connectivity index (χ1n) is 6.81. The quantitative estimate of drug-likeness (QED) is 0.855. The maximum absolute atomic E-state index is 12.5. The van der Waals surface area contributed by atoms with Crippen LogP contribution in [0, 0.1) is 0 Å². The average molecular weight is 299 g/mol. The lowest BCUT2D eigenvalue weighted by Gasteiger charge is -2.32. The van der Waals surface area contributed by atoms with Crippen molar-refractivity contribution in [1.29, 1.82) is 0 Å². The van der Waals surface area contributed by atoms with Crippen LogP contribution in [0.25, 0.3) is 0 Å². The molecule has 0 saturated carbocycles.